The first-order chi connectivity index (χ1) is 25.7. The minimum absolute atomic E-state index is 0.105. The highest BCUT2D eigenvalue weighted by molar-refractivity contribution is 5.96. The molecule has 5 aromatic rings. The highest BCUT2D eigenvalue weighted by Gasteiger charge is 2.28. The third kappa shape index (κ3) is 8.06. The smallest absolute Gasteiger partial charge is 0.410 e. The van der Waals surface area contributed by atoms with Gasteiger partial charge in [0, 0.05) is 53.1 Å². The molecule has 2 unspecified atom stereocenters. The summed E-state index contributed by atoms with van der Waals surface area (Å²) in [5, 5.41) is 4.99. The molecule has 1 N–H and O–H groups in total. The number of likely N-dealkylation sites (N-methyl/N-ethyl adjacent to an activating group) is 1. The fourth-order valence-corrected chi connectivity index (χ4v) is 6.32. The predicted octanol–water partition coefficient (Wildman–Crippen LogP) is 8.66. The SMILES string of the molecule is COC1=C(c2nc3cc(C)ccn3c2-c2ccc(NC(=O)C(C)N(C)C(=O)OC(C)(C)C)nc2C#Cc2ccc3c(C)nccc3c2)C=CC=CCC1C. The molecule has 4 heterocycles. The monoisotopic (exact) mass is 722 g/mol. The third-order valence-electron chi connectivity index (χ3n) is 9.30. The van der Waals surface area contributed by atoms with E-state index in [1.807, 2.05) is 85.1 Å². The van der Waals surface area contributed by atoms with Gasteiger partial charge in [-0.1, -0.05) is 37.1 Å². The molecule has 1 aliphatic carbocycles. The Morgan fingerprint density at radius 3 is 2.59 bits per heavy atom. The summed E-state index contributed by atoms with van der Waals surface area (Å²) in [5.74, 6) is 7.45. The van der Waals surface area contributed by atoms with Gasteiger partial charge in [-0.2, -0.15) is 0 Å². The van der Waals surface area contributed by atoms with E-state index in [9.17, 15) is 9.59 Å². The molecule has 2 amide bonds. The molecular weight excluding hydrogens is 677 g/mol. The van der Waals surface area contributed by atoms with E-state index in [1.54, 1.807) is 47.1 Å². The molecule has 0 bridgehead atoms. The van der Waals surface area contributed by atoms with Crippen LogP contribution in [0.15, 0.2) is 91.0 Å². The largest absolute Gasteiger partial charge is 0.500 e. The van der Waals surface area contributed by atoms with Crippen molar-refractivity contribution in [1.29, 1.82) is 0 Å². The van der Waals surface area contributed by atoms with Gasteiger partial charge in [0.15, 0.2) is 0 Å². The van der Waals surface area contributed by atoms with E-state index >= 15 is 0 Å². The third-order valence-corrected chi connectivity index (χ3v) is 9.30. The standard InChI is InChI=1S/C44H46N6O4/c1-27-22-24-50-38(25-27)48-39(35-14-12-10-11-13-28(2)41(35)53-9)40(50)34-18-20-37(47-42(51)30(4)49(8)43(52)54-44(5,6)7)46-36(34)19-16-31-15-17-33-29(3)45-23-21-32(33)26-31/h10-12,14-15,17-18,20-26,28,30H,13H2,1-9H3,(H,46,47,51). The number of methoxy groups -OCH3 is 1. The van der Waals surface area contributed by atoms with Crippen LogP contribution in [-0.2, 0) is 14.3 Å². The number of aromatic nitrogens is 4. The number of nitrogens with one attached hydrogen (secondary N) is 1. The first kappa shape index (κ1) is 37.5. The zero-order valence-corrected chi connectivity index (χ0v) is 32.3. The summed E-state index contributed by atoms with van der Waals surface area (Å²) in [7, 11) is 3.23. The summed E-state index contributed by atoms with van der Waals surface area (Å²) in [6.45, 7) is 13.1. The molecule has 6 rings (SSSR count). The van der Waals surface area contributed by atoms with Crippen LogP contribution in [0.2, 0.25) is 0 Å². The second-order valence-corrected chi connectivity index (χ2v) is 14.6. The average molecular weight is 723 g/mol. The van der Waals surface area contributed by atoms with Crippen molar-refractivity contribution in [1.82, 2.24) is 24.3 Å². The first-order valence-electron chi connectivity index (χ1n) is 18.0. The maximum atomic E-state index is 13.5. The fraction of sp³-hybridized carbons (Fsp3) is 0.295. The Hall–Kier alpha value is -6.21. The number of hydrogen-bond donors (Lipinski definition) is 1. The van der Waals surface area contributed by atoms with Crippen molar-refractivity contribution in [2.45, 2.75) is 66.5 Å². The van der Waals surface area contributed by atoms with Gasteiger partial charge in [0.25, 0.3) is 0 Å². The number of fused-ring (bicyclic) bond motifs is 2. The van der Waals surface area contributed by atoms with Gasteiger partial charge in [-0.05, 0) is 113 Å². The summed E-state index contributed by atoms with van der Waals surface area (Å²) in [5.41, 5.74) is 6.37. The van der Waals surface area contributed by atoms with Crippen molar-refractivity contribution >= 4 is 39.8 Å². The van der Waals surface area contributed by atoms with E-state index < -0.39 is 23.6 Å². The van der Waals surface area contributed by atoms with E-state index in [4.69, 9.17) is 19.4 Å². The molecule has 0 spiro atoms. The average Bonchev–Trinajstić information content (AvgIpc) is 3.48. The maximum absolute atomic E-state index is 13.5. The molecule has 0 aliphatic heterocycles. The van der Waals surface area contributed by atoms with Crippen LogP contribution in [0.5, 0.6) is 0 Å². The molecule has 0 fully saturated rings. The molecule has 0 radical (unpaired) electrons. The van der Waals surface area contributed by atoms with Crippen LogP contribution in [0.25, 0.3) is 33.3 Å². The molecule has 4 aromatic heterocycles. The number of ether oxygens (including phenoxy) is 2. The summed E-state index contributed by atoms with van der Waals surface area (Å²) in [6, 6.07) is 14.9. The number of aryl methyl sites for hydroxylation is 2. The van der Waals surface area contributed by atoms with Crippen molar-refractivity contribution in [3.63, 3.8) is 0 Å². The number of nitrogens with zero attached hydrogens (tertiary/aromatic N) is 5. The van der Waals surface area contributed by atoms with Gasteiger partial charge in [-0.3, -0.25) is 19.1 Å². The van der Waals surface area contributed by atoms with E-state index in [1.165, 1.54) is 11.9 Å². The second kappa shape index (κ2) is 15.4. The molecule has 2 atom stereocenters. The predicted molar refractivity (Wildman–Crippen MR) is 214 cm³/mol. The molecule has 10 heteroatoms. The molecule has 1 aliphatic rings. The zero-order valence-electron chi connectivity index (χ0n) is 32.3. The first-order valence-corrected chi connectivity index (χ1v) is 18.0. The minimum atomic E-state index is -0.846. The van der Waals surface area contributed by atoms with E-state index in [0.29, 0.717) is 11.3 Å². The van der Waals surface area contributed by atoms with Gasteiger partial charge >= 0.3 is 6.09 Å². The number of anilines is 1. The van der Waals surface area contributed by atoms with E-state index in [2.05, 4.69) is 35.1 Å². The lowest BCUT2D eigenvalue weighted by Gasteiger charge is -2.28. The van der Waals surface area contributed by atoms with E-state index in [0.717, 1.165) is 62.4 Å². The van der Waals surface area contributed by atoms with Crippen LogP contribution >= 0.6 is 0 Å². The maximum Gasteiger partial charge on any atom is 0.410 e. The molecule has 0 saturated heterocycles. The normalized spacial score (nSPS) is 14.9. The van der Waals surface area contributed by atoms with Gasteiger partial charge in [0.1, 0.15) is 40.3 Å². The number of benzene rings is 1. The topological polar surface area (TPSA) is 111 Å². The Balaban J connectivity index is 1.51. The van der Waals surface area contributed by atoms with Gasteiger partial charge in [-0.25, -0.2) is 14.8 Å². The van der Waals surface area contributed by atoms with Crippen LogP contribution in [-0.4, -0.2) is 62.1 Å². The Kier molecular flexibility index (Phi) is 10.7. The molecule has 276 valence electrons. The van der Waals surface area contributed by atoms with Crippen LogP contribution in [0.1, 0.15) is 69.2 Å². The number of hydrogen-bond acceptors (Lipinski definition) is 7. The van der Waals surface area contributed by atoms with Gasteiger partial charge in [-0.15, -0.1) is 0 Å². The highest BCUT2D eigenvalue weighted by atomic mass is 16.6. The lowest BCUT2D eigenvalue weighted by Crippen LogP contribution is -2.45. The van der Waals surface area contributed by atoms with Gasteiger partial charge in [0.2, 0.25) is 5.91 Å². The van der Waals surface area contributed by atoms with Gasteiger partial charge < -0.3 is 14.8 Å². The summed E-state index contributed by atoms with van der Waals surface area (Å²) in [4.78, 5) is 42.1. The minimum Gasteiger partial charge on any atom is -0.500 e. The molecule has 10 nitrogen and oxygen atoms in total. The Morgan fingerprint density at radius 2 is 1.83 bits per heavy atom. The zero-order chi connectivity index (χ0) is 38.7. The highest BCUT2D eigenvalue weighted by Crippen LogP contribution is 2.37. The Labute approximate surface area is 316 Å². The Morgan fingerprint density at radius 1 is 1.04 bits per heavy atom. The summed E-state index contributed by atoms with van der Waals surface area (Å²) >= 11 is 0. The van der Waals surface area contributed by atoms with Crippen molar-refractivity contribution in [2.24, 2.45) is 5.92 Å². The van der Waals surface area contributed by atoms with Crippen molar-refractivity contribution in [2.75, 3.05) is 19.5 Å². The van der Waals surface area contributed by atoms with Crippen molar-refractivity contribution < 1.29 is 19.1 Å². The number of carbonyl (C=O) groups excluding carboxylic acids is 2. The fourth-order valence-electron chi connectivity index (χ4n) is 6.32. The number of carbonyl (C=O) groups is 2. The van der Waals surface area contributed by atoms with Crippen molar-refractivity contribution in [3.8, 4) is 23.1 Å². The molecule has 0 saturated carbocycles. The van der Waals surface area contributed by atoms with Crippen LogP contribution in [0.4, 0.5) is 10.6 Å². The Bertz CT molecular complexity index is 2420. The van der Waals surface area contributed by atoms with E-state index in [-0.39, 0.29) is 11.7 Å². The number of amides is 2. The molecular formula is C44H46N6O4. The lowest BCUT2D eigenvalue weighted by molar-refractivity contribution is -0.120. The summed E-state index contributed by atoms with van der Waals surface area (Å²) < 4.78 is 13.6. The van der Waals surface area contributed by atoms with Crippen LogP contribution in [0.3, 0.4) is 0 Å². The number of pyridine rings is 3. The molecule has 1 aromatic carbocycles. The number of imidazole rings is 1. The van der Waals surface area contributed by atoms with Crippen molar-refractivity contribution in [3.05, 3.63) is 119 Å². The van der Waals surface area contributed by atoms with Crippen LogP contribution in [0, 0.1) is 31.6 Å². The number of rotatable bonds is 6. The number of allylic oxidation sites excluding steroid dienone is 6. The molecule has 54 heavy (non-hydrogen) atoms. The van der Waals surface area contributed by atoms with Gasteiger partial charge in [0.05, 0.1) is 12.8 Å². The van der Waals surface area contributed by atoms with Crippen LogP contribution < -0.4 is 5.32 Å². The second-order valence-electron chi connectivity index (χ2n) is 14.6. The lowest BCUT2D eigenvalue weighted by atomic mass is 9.94. The quantitative estimate of drug-likeness (QED) is 0.175. The summed E-state index contributed by atoms with van der Waals surface area (Å²) in [6.07, 6.45) is 12.2.